The molecular weight excluding hydrogens is 197 g/mol. The van der Waals surface area contributed by atoms with Crippen molar-refractivity contribution in [3.63, 3.8) is 0 Å². The van der Waals surface area contributed by atoms with Gasteiger partial charge in [0.15, 0.2) is 0 Å². The molecule has 0 fully saturated rings. The van der Waals surface area contributed by atoms with Crippen LogP contribution < -0.4 is 0 Å². The van der Waals surface area contributed by atoms with E-state index in [2.05, 4.69) is 10.2 Å². The number of nitrogens with zero attached hydrogens (tertiary/aromatic N) is 2. The Labute approximate surface area is 79.4 Å². The highest BCUT2D eigenvalue weighted by atomic mass is 19.4. The van der Waals surface area contributed by atoms with E-state index in [1.165, 1.54) is 0 Å². The van der Waals surface area contributed by atoms with Gasteiger partial charge in [-0.15, -0.1) is 10.2 Å². The van der Waals surface area contributed by atoms with Gasteiger partial charge in [0, 0.05) is 19.3 Å². The van der Waals surface area contributed by atoms with E-state index in [0.29, 0.717) is 12.8 Å². The normalized spacial score (nSPS) is 18.3. The van der Waals surface area contributed by atoms with Gasteiger partial charge in [0.2, 0.25) is 0 Å². The Kier molecular flexibility index (Phi) is 2.92. The van der Waals surface area contributed by atoms with Crippen LogP contribution in [0, 0.1) is 0 Å². The van der Waals surface area contributed by atoms with Gasteiger partial charge in [-0.2, -0.15) is 13.2 Å². The second-order valence-corrected chi connectivity index (χ2v) is 3.30. The lowest BCUT2D eigenvalue weighted by atomic mass is 10.0. The molecule has 3 nitrogen and oxygen atoms in total. The van der Waals surface area contributed by atoms with Crippen LogP contribution in [0.3, 0.4) is 0 Å². The number of alkyl halides is 3. The van der Waals surface area contributed by atoms with Gasteiger partial charge in [-0.05, 0) is 6.42 Å². The molecule has 0 aromatic heterocycles. The molecule has 80 valence electrons. The number of hydrogen-bond donors (Lipinski definition) is 0. The van der Waals surface area contributed by atoms with E-state index in [1.807, 2.05) is 6.92 Å². The zero-order valence-electron chi connectivity index (χ0n) is 7.76. The number of hydrogen-bond acceptors (Lipinski definition) is 3. The minimum atomic E-state index is -4.44. The number of halogens is 3. The first-order chi connectivity index (χ1) is 6.41. The Hall–Kier alpha value is -0.940. The lowest BCUT2D eigenvalue weighted by molar-refractivity contribution is -0.165. The van der Waals surface area contributed by atoms with Crippen molar-refractivity contribution in [1.29, 1.82) is 0 Å². The maximum atomic E-state index is 12.2. The average Bonchev–Trinajstić information content (AvgIpc) is 2.80. The van der Waals surface area contributed by atoms with Crippen LogP contribution in [0.25, 0.3) is 0 Å². The molecule has 1 heterocycles. The van der Waals surface area contributed by atoms with Crippen molar-refractivity contribution in [3.05, 3.63) is 0 Å². The summed E-state index contributed by atoms with van der Waals surface area (Å²) in [4.78, 5) is 11.0. The standard InChI is InChI=1S/C8H11F3N2O/c1-2-3-6(14)4-5-7(12-13-7)8(9,10)11/h2-5H2,1H3. The van der Waals surface area contributed by atoms with Gasteiger partial charge in [0.25, 0.3) is 5.66 Å². The zero-order valence-corrected chi connectivity index (χ0v) is 7.76. The summed E-state index contributed by atoms with van der Waals surface area (Å²) in [7, 11) is 0. The quantitative estimate of drug-likeness (QED) is 0.684. The van der Waals surface area contributed by atoms with Gasteiger partial charge in [-0.3, -0.25) is 4.79 Å². The summed E-state index contributed by atoms with van der Waals surface area (Å²) in [5.74, 6) is -0.159. The molecule has 14 heavy (non-hydrogen) atoms. The van der Waals surface area contributed by atoms with Crippen molar-refractivity contribution in [2.24, 2.45) is 10.2 Å². The van der Waals surface area contributed by atoms with E-state index >= 15 is 0 Å². The first-order valence-electron chi connectivity index (χ1n) is 4.44. The molecule has 0 radical (unpaired) electrons. The van der Waals surface area contributed by atoms with Crippen molar-refractivity contribution in [2.75, 3.05) is 0 Å². The molecular formula is C8H11F3N2O. The summed E-state index contributed by atoms with van der Waals surface area (Å²) in [5, 5.41) is 5.97. The minimum absolute atomic E-state index is 0.0969. The lowest BCUT2D eigenvalue weighted by Gasteiger charge is -2.13. The van der Waals surface area contributed by atoms with E-state index < -0.39 is 11.8 Å². The fourth-order valence-corrected chi connectivity index (χ4v) is 1.13. The highest BCUT2D eigenvalue weighted by Crippen LogP contribution is 2.47. The van der Waals surface area contributed by atoms with Gasteiger partial charge >= 0.3 is 6.18 Å². The van der Waals surface area contributed by atoms with Crippen LogP contribution in [-0.4, -0.2) is 17.6 Å². The maximum Gasteiger partial charge on any atom is 0.437 e. The first kappa shape index (κ1) is 11.1. The van der Waals surface area contributed by atoms with Gasteiger partial charge in [0.1, 0.15) is 5.78 Å². The van der Waals surface area contributed by atoms with E-state index in [0.717, 1.165) is 0 Å². The predicted molar refractivity (Wildman–Crippen MR) is 42.8 cm³/mol. The first-order valence-corrected chi connectivity index (χ1v) is 4.44. The predicted octanol–water partition coefficient (Wildman–Crippen LogP) is 2.86. The topological polar surface area (TPSA) is 41.8 Å². The molecule has 0 aromatic carbocycles. The SMILES string of the molecule is CCCC(=O)CCC1(C(F)(F)F)N=N1. The summed E-state index contributed by atoms with van der Waals surface area (Å²) in [6.45, 7) is 1.81. The van der Waals surface area contributed by atoms with Crippen LogP contribution in [0.4, 0.5) is 13.2 Å². The Morgan fingerprint density at radius 3 is 2.21 bits per heavy atom. The fraction of sp³-hybridized carbons (Fsp3) is 0.875. The molecule has 1 aliphatic heterocycles. The van der Waals surface area contributed by atoms with E-state index in [9.17, 15) is 18.0 Å². The number of rotatable bonds is 5. The molecule has 0 amide bonds. The Morgan fingerprint density at radius 2 is 1.86 bits per heavy atom. The highest BCUT2D eigenvalue weighted by molar-refractivity contribution is 5.78. The zero-order chi connectivity index (χ0) is 10.8. The number of carbonyl (C=O) groups excluding carboxylic acids is 1. The summed E-state index contributed by atoms with van der Waals surface area (Å²) < 4.78 is 36.7. The molecule has 1 aliphatic rings. The highest BCUT2D eigenvalue weighted by Gasteiger charge is 2.63. The summed E-state index contributed by atoms with van der Waals surface area (Å²) in [6, 6.07) is 0. The molecule has 0 saturated carbocycles. The fourth-order valence-electron chi connectivity index (χ4n) is 1.13. The molecule has 6 heteroatoms. The summed E-state index contributed by atoms with van der Waals surface area (Å²) >= 11 is 0. The second kappa shape index (κ2) is 3.67. The summed E-state index contributed by atoms with van der Waals surface area (Å²) in [5.41, 5.74) is -2.25. The van der Waals surface area contributed by atoms with Gasteiger partial charge < -0.3 is 0 Å². The largest absolute Gasteiger partial charge is 0.437 e. The van der Waals surface area contributed by atoms with Crippen molar-refractivity contribution in [2.45, 2.75) is 44.4 Å². The molecule has 0 spiro atoms. The molecule has 0 atom stereocenters. The van der Waals surface area contributed by atoms with Gasteiger partial charge in [0.05, 0.1) is 0 Å². The van der Waals surface area contributed by atoms with Crippen molar-refractivity contribution in [1.82, 2.24) is 0 Å². The van der Waals surface area contributed by atoms with Crippen LogP contribution in [0.1, 0.15) is 32.6 Å². The maximum absolute atomic E-state index is 12.2. The van der Waals surface area contributed by atoms with Crippen molar-refractivity contribution >= 4 is 5.78 Å². The van der Waals surface area contributed by atoms with E-state index in [4.69, 9.17) is 0 Å². The Balaban J connectivity index is 2.35. The van der Waals surface area contributed by atoms with Crippen LogP contribution >= 0.6 is 0 Å². The smallest absolute Gasteiger partial charge is 0.300 e. The second-order valence-electron chi connectivity index (χ2n) is 3.30. The third-order valence-corrected chi connectivity index (χ3v) is 2.08. The molecule has 0 saturated heterocycles. The van der Waals surface area contributed by atoms with Crippen molar-refractivity contribution < 1.29 is 18.0 Å². The molecule has 0 unspecified atom stereocenters. The number of ketones is 1. The lowest BCUT2D eigenvalue weighted by Crippen LogP contribution is -2.33. The molecule has 0 aromatic rings. The van der Waals surface area contributed by atoms with Crippen LogP contribution in [-0.2, 0) is 4.79 Å². The van der Waals surface area contributed by atoms with Crippen LogP contribution in [0.5, 0.6) is 0 Å². The monoisotopic (exact) mass is 208 g/mol. The van der Waals surface area contributed by atoms with E-state index in [-0.39, 0.29) is 18.6 Å². The third kappa shape index (κ3) is 2.30. The Morgan fingerprint density at radius 1 is 1.29 bits per heavy atom. The minimum Gasteiger partial charge on any atom is -0.300 e. The van der Waals surface area contributed by atoms with Gasteiger partial charge in [-0.25, -0.2) is 0 Å². The van der Waals surface area contributed by atoms with Crippen LogP contribution in [0.2, 0.25) is 0 Å². The molecule has 0 bridgehead atoms. The van der Waals surface area contributed by atoms with Crippen LogP contribution in [0.15, 0.2) is 10.2 Å². The summed E-state index contributed by atoms with van der Waals surface area (Å²) in [6.07, 6.45) is -3.89. The van der Waals surface area contributed by atoms with Gasteiger partial charge in [-0.1, -0.05) is 6.92 Å². The molecule has 0 N–H and O–H groups in total. The Bertz CT molecular complexity index is 254. The number of Topliss-reactive ketones (excluding diaryl/α,β-unsaturated/α-hetero) is 1. The third-order valence-electron chi connectivity index (χ3n) is 2.08. The molecule has 0 aliphatic carbocycles. The van der Waals surface area contributed by atoms with Crippen molar-refractivity contribution in [3.8, 4) is 0 Å². The average molecular weight is 208 g/mol. The van der Waals surface area contributed by atoms with E-state index in [1.54, 1.807) is 0 Å². The molecule has 1 rings (SSSR count). The number of carbonyl (C=O) groups is 1.